The molecule has 0 atom stereocenters. The Balaban J connectivity index is 1.53. The fourth-order valence-corrected chi connectivity index (χ4v) is 6.22. The highest BCUT2D eigenvalue weighted by Crippen LogP contribution is 2.44. The smallest absolute Gasteiger partial charge is 0.216 e. The number of benzene rings is 3. The summed E-state index contributed by atoms with van der Waals surface area (Å²) in [4.78, 5) is 0. The molecule has 6 rings (SSSR count). The van der Waals surface area contributed by atoms with Gasteiger partial charge >= 0.3 is 0 Å². The van der Waals surface area contributed by atoms with E-state index in [-0.39, 0.29) is 0 Å². The molecule has 3 heteroatoms. The zero-order chi connectivity index (χ0) is 28.4. The summed E-state index contributed by atoms with van der Waals surface area (Å²) in [6, 6.07) is 21.2. The van der Waals surface area contributed by atoms with Crippen molar-refractivity contribution in [1.29, 1.82) is 5.26 Å². The van der Waals surface area contributed by atoms with E-state index >= 15 is 0 Å². The number of fused-ring (bicyclic) bond motifs is 3. The first-order valence-electron chi connectivity index (χ1n) is 14.5. The number of hydrogen-bond donors (Lipinski definition) is 0. The van der Waals surface area contributed by atoms with Gasteiger partial charge in [-0.25, -0.2) is 4.57 Å². The van der Waals surface area contributed by atoms with E-state index in [4.69, 9.17) is 4.42 Å². The number of aromatic nitrogens is 1. The van der Waals surface area contributed by atoms with Crippen molar-refractivity contribution in [3.63, 3.8) is 0 Å². The average Bonchev–Trinajstić information content (AvgIpc) is 3.31. The third-order valence-corrected chi connectivity index (χ3v) is 8.93. The van der Waals surface area contributed by atoms with Gasteiger partial charge in [0.05, 0.1) is 17.2 Å². The Hall–Kier alpha value is -3.90. The van der Waals surface area contributed by atoms with Crippen molar-refractivity contribution in [1.82, 2.24) is 0 Å². The highest BCUT2D eigenvalue weighted by molar-refractivity contribution is 6.14. The van der Waals surface area contributed by atoms with Gasteiger partial charge in [-0.3, -0.25) is 0 Å². The minimum Gasteiger partial charge on any atom is -0.454 e. The van der Waals surface area contributed by atoms with Crippen LogP contribution >= 0.6 is 0 Å². The lowest BCUT2D eigenvalue weighted by atomic mass is 9.71. The van der Waals surface area contributed by atoms with Crippen molar-refractivity contribution in [2.24, 2.45) is 12.5 Å². The normalized spacial score (nSPS) is 16.8. The van der Waals surface area contributed by atoms with Crippen molar-refractivity contribution in [2.75, 3.05) is 0 Å². The topological polar surface area (TPSA) is 40.8 Å². The monoisotopic (exact) mass is 514 g/mol. The maximum absolute atomic E-state index is 10.1. The van der Waals surface area contributed by atoms with Crippen LogP contribution in [0.2, 0.25) is 0 Å². The molecule has 1 aliphatic rings. The summed E-state index contributed by atoms with van der Waals surface area (Å²) in [7, 11) is 2.08. The standard InChI is InChI=1S/C36H37N2O/c1-22-7-13-29-30-14-12-28(20-37)33(27-10-8-25(9-11-27)26-15-17-36(4,5)18-16-26)35(30)39-34(29)32(22)31-19-23(2)24(3)21-38(31)6/h7-14,19,21,26H,15-18H2,1-6H3/q+1/i26D. The summed E-state index contributed by atoms with van der Waals surface area (Å²) in [5, 5.41) is 12.2. The van der Waals surface area contributed by atoms with Crippen LogP contribution in [0.1, 0.15) is 74.6 Å². The molecule has 2 heterocycles. The van der Waals surface area contributed by atoms with Crippen molar-refractivity contribution >= 4 is 21.9 Å². The largest absolute Gasteiger partial charge is 0.454 e. The van der Waals surface area contributed by atoms with Crippen molar-refractivity contribution < 1.29 is 10.4 Å². The number of rotatable bonds is 3. The molecular formula is C36H37N2O+. The van der Waals surface area contributed by atoms with Gasteiger partial charge in [0.25, 0.3) is 0 Å². The van der Waals surface area contributed by atoms with E-state index in [1.807, 2.05) is 12.1 Å². The zero-order valence-corrected chi connectivity index (χ0v) is 23.9. The highest BCUT2D eigenvalue weighted by atomic mass is 16.3. The summed E-state index contributed by atoms with van der Waals surface area (Å²) in [6.07, 6.45) is 6.04. The number of hydrogen-bond acceptors (Lipinski definition) is 2. The SMILES string of the molecule is [2H]C1(c2ccc(-c3c(C#N)ccc4c3oc3c(-c5cc(C)c(C)c[n+]5C)c(C)ccc34)cc2)CCC(C)(C)CC1. The Bertz CT molecular complexity index is 1830. The van der Waals surface area contributed by atoms with Gasteiger partial charge in [-0.05, 0) is 92.1 Å². The minimum atomic E-state index is -0.550. The average molecular weight is 515 g/mol. The van der Waals surface area contributed by atoms with Gasteiger partial charge in [0.15, 0.2) is 6.20 Å². The van der Waals surface area contributed by atoms with Crippen molar-refractivity contribution in [3.8, 4) is 28.5 Å². The van der Waals surface area contributed by atoms with Crippen LogP contribution in [-0.4, -0.2) is 0 Å². The number of nitriles is 1. The molecule has 5 aromatic rings. The van der Waals surface area contributed by atoms with E-state index in [2.05, 4.69) is 101 Å². The molecule has 0 bridgehead atoms. The Labute approximate surface area is 233 Å². The van der Waals surface area contributed by atoms with Gasteiger partial charge in [0.2, 0.25) is 5.69 Å². The van der Waals surface area contributed by atoms with Crippen molar-refractivity contribution in [2.45, 2.75) is 66.2 Å². The molecule has 0 N–H and O–H groups in total. The van der Waals surface area contributed by atoms with E-state index in [1.54, 1.807) is 0 Å². The molecule has 39 heavy (non-hydrogen) atoms. The molecule has 196 valence electrons. The van der Waals surface area contributed by atoms with Crippen LogP contribution in [0.5, 0.6) is 0 Å². The molecule has 0 radical (unpaired) electrons. The third-order valence-electron chi connectivity index (χ3n) is 8.93. The summed E-state index contributed by atoms with van der Waals surface area (Å²) in [5.74, 6) is -0.550. The van der Waals surface area contributed by atoms with Gasteiger partial charge in [0, 0.05) is 29.3 Å². The molecule has 0 saturated heterocycles. The number of aryl methyl sites for hydroxylation is 4. The van der Waals surface area contributed by atoms with Gasteiger partial charge < -0.3 is 4.42 Å². The second kappa shape index (κ2) is 9.38. The van der Waals surface area contributed by atoms with Crippen LogP contribution in [0, 0.1) is 37.5 Å². The predicted molar refractivity (Wildman–Crippen MR) is 160 cm³/mol. The van der Waals surface area contributed by atoms with Crippen molar-refractivity contribution in [3.05, 3.63) is 88.6 Å². The second-order valence-corrected chi connectivity index (χ2v) is 12.2. The highest BCUT2D eigenvalue weighted by Gasteiger charge is 2.28. The predicted octanol–water partition coefficient (Wildman–Crippen LogP) is 9.23. The van der Waals surface area contributed by atoms with E-state index < -0.39 is 5.89 Å². The molecule has 2 aromatic heterocycles. The molecule has 3 aromatic carbocycles. The van der Waals surface area contributed by atoms with Gasteiger partial charge in [-0.1, -0.05) is 50.2 Å². The molecule has 1 saturated carbocycles. The summed E-state index contributed by atoms with van der Waals surface area (Å²) < 4.78 is 18.1. The number of pyridine rings is 1. The summed E-state index contributed by atoms with van der Waals surface area (Å²) in [5.41, 5.74) is 11.1. The molecule has 0 spiro atoms. The fraction of sp³-hybridized carbons (Fsp3) is 0.333. The Morgan fingerprint density at radius 3 is 2.18 bits per heavy atom. The fourth-order valence-electron chi connectivity index (χ4n) is 6.22. The Kier molecular flexibility index (Phi) is 5.81. The summed E-state index contributed by atoms with van der Waals surface area (Å²) in [6.45, 7) is 11.0. The van der Waals surface area contributed by atoms with Gasteiger partial charge in [0.1, 0.15) is 18.2 Å². The molecule has 1 aliphatic carbocycles. The molecular weight excluding hydrogens is 476 g/mol. The van der Waals surface area contributed by atoms with Gasteiger partial charge in [-0.15, -0.1) is 0 Å². The second-order valence-electron chi connectivity index (χ2n) is 12.2. The van der Waals surface area contributed by atoms with E-state index in [1.165, 1.54) is 11.1 Å². The zero-order valence-electron chi connectivity index (χ0n) is 24.9. The lowest BCUT2D eigenvalue weighted by Gasteiger charge is -2.34. The van der Waals surface area contributed by atoms with Gasteiger partial charge in [-0.2, -0.15) is 5.26 Å². The van der Waals surface area contributed by atoms with Crippen LogP contribution in [0.15, 0.2) is 65.2 Å². The quantitative estimate of drug-likeness (QED) is 0.225. The van der Waals surface area contributed by atoms with Crippen LogP contribution < -0.4 is 4.57 Å². The number of furan rings is 1. The Morgan fingerprint density at radius 2 is 1.51 bits per heavy atom. The maximum Gasteiger partial charge on any atom is 0.216 e. The summed E-state index contributed by atoms with van der Waals surface area (Å²) >= 11 is 0. The Morgan fingerprint density at radius 1 is 0.872 bits per heavy atom. The molecule has 1 fully saturated rings. The maximum atomic E-state index is 10.1. The molecule has 0 unspecified atom stereocenters. The number of nitrogens with zero attached hydrogens (tertiary/aromatic N) is 2. The third kappa shape index (κ3) is 4.33. The van der Waals surface area contributed by atoms with Crippen LogP contribution in [0.25, 0.3) is 44.3 Å². The first-order valence-corrected chi connectivity index (χ1v) is 14.0. The molecule has 0 amide bonds. The van der Waals surface area contributed by atoms with E-state index in [9.17, 15) is 6.63 Å². The van der Waals surface area contributed by atoms with Crippen LogP contribution in [-0.2, 0) is 7.05 Å². The van der Waals surface area contributed by atoms with E-state index in [0.717, 1.165) is 81.1 Å². The lowest BCUT2D eigenvalue weighted by molar-refractivity contribution is -0.660. The first kappa shape index (κ1) is 24.2. The lowest BCUT2D eigenvalue weighted by Crippen LogP contribution is -2.31. The molecule has 0 aliphatic heterocycles. The first-order chi connectivity index (χ1) is 19.0. The van der Waals surface area contributed by atoms with Crippen LogP contribution in [0.3, 0.4) is 0 Å². The van der Waals surface area contributed by atoms with Crippen LogP contribution in [0.4, 0.5) is 0 Å². The minimum absolute atomic E-state index is 0.314. The van der Waals surface area contributed by atoms with E-state index in [0.29, 0.717) is 11.0 Å². The molecule has 3 nitrogen and oxygen atoms in total.